The second-order valence-electron chi connectivity index (χ2n) is 5.65. The Balaban J connectivity index is 0.00000109. The van der Waals surface area contributed by atoms with Crippen molar-refractivity contribution >= 4 is 5.97 Å². The van der Waals surface area contributed by atoms with Crippen LogP contribution < -0.4 is 4.74 Å². The van der Waals surface area contributed by atoms with Crippen LogP contribution in [0.25, 0.3) is 11.1 Å². The first-order chi connectivity index (χ1) is 12.1. The standard InChI is InChI=1S/C21H18O2.CH3F/c1-15-3-7-17(8-4-15)18-9-11-19(12-10-18)21(22)23-20-13-5-16(2)6-14-20;1-2/h3-14H,1-2H3;1H3. The average molecular weight is 336 g/mol. The van der Waals surface area contributed by atoms with E-state index in [0.717, 1.165) is 16.7 Å². The van der Waals surface area contributed by atoms with Crippen molar-refractivity contribution in [3.05, 3.63) is 89.5 Å². The molecule has 0 aromatic heterocycles. The van der Waals surface area contributed by atoms with Gasteiger partial charge < -0.3 is 4.74 Å². The second-order valence-corrected chi connectivity index (χ2v) is 5.65. The van der Waals surface area contributed by atoms with Crippen molar-refractivity contribution in [1.82, 2.24) is 0 Å². The molecule has 0 bridgehead atoms. The summed E-state index contributed by atoms with van der Waals surface area (Å²) in [4.78, 5) is 12.2. The summed E-state index contributed by atoms with van der Waals surface area (Å²) in [7, 11) is 0.500. The fourth-order valence-corrected chi connectivity index (χ4v) is 2.32. The fourth-order valence-electron chi connectivity index (χ4n) is 2.32. The van der Waals surface area contributed by atoms with Gasteiger partial charge in [0.05, 0.1) is 12.7 Å². The third-order valence-electron chi connectivity index (χ3n) is 3.74. The quantitative estimate of drug-likeness (QED) is 0.448. The number of aryl methyl sites for hydroxylation is 2. The third kappa shape index (κ3) is 5.01. The molecule has 0 saturated heterocycles. The van der Waals surface area contributed by atoms with E-state index in [1.165, 1.54) is 5.56 Å². The maximum Gasteiger partial charge on any atom is 0.343 e. The first-order valence-electron chi connectivity index (χ1n) is 7.95. The SMILES string of the molecule is CF.Cc1ccc(OC(=O)c2ccc(-c3ccc(C)cc3)cc2)cc1. The fraction of sp³-hybridized carbons (Fsp3) is 0.136. The molecule has 0 N–H and O–H groups in total. The highest BCUT2D eigenvalue weighted by Gasteiger charge is 2.08. The van der Waals surface area contributed by atoms with Gasteiger partial charge in [-0.25, -0.2) is 4.79 Å². The lowest BCUT2D eigenvalue weighted by Gasteiger charge is -2.06. The van der Waals surface area contributed by atoms with Crippen LogP contribution in [0.15, 0.2) is 72.8 Å². The molecule has 0 fully saturated rings. The van der Waals surface area contributed by atoms with Crippen molar-refractivity contribution in [2.75, 3.05) is 7.18 Å². The highest BCUT2D eigenvalue weighted by molar-refractivity contribution is 5.91. The molecule has 0 radical (unpaired) electrons. The summed E-state index contributed by atoms with van der Waals surface area (Å²) in [5, 5.41) is 0. The predicted molar refractivity (Wildman–Crippen MR) is 99.8 cm³/mol. The number of hydrogen-bond acceptors (Lipinski definition) is 2. The van der Waals surface area contributed by atoms with Crippen LogP contribution in [0.5, 0.6) is 5.75 Å². The van der Waals surface area contributed by atoms with Gasteiger partial charge in [0.25, 0.3) is 0 Å². The number of halogens is 1. The van der Waals surface area contributed by atoms with Crippen LogP contribution in [-0.2, 0) is 0 Å². The van der Waals surface area contributed by atoms with Gasteiger partial charge in [-0.2, -0.15) is 0 Å². The Morgan fingerprint density at radius 2 is 1.08 bits per heavy atom. The van der Waals surface area contributed by atoms with E-state index in [4.69, 9.17) is 4.74 Å². The lowest BCUT2D eigenvalue weighted by atomic mass is 10.0. The van der Waals surface area contributed by atoms with Crippen molar-refractivity contribution in [3.63, 3.8) is 0 Å². The number of carbonyl (C=O) groups excluding carboxylic acids is 1. The van der Waals surface area contributed by atoms with Crippen molar-refractivity contribution in [2.45, 2.75) is 13.8 Å². The van der Waals surface area contributed by atoms with Crippen LogP contribution in [0.3, 0.4) is 0 Å². The predicted octanol–water partition coefficient (Wildman–Crippen LogP) is 5.78. The zero-order valence-electron chi connectivity index (χ0n) is 14.6. The number of ether oxygens (including phenoxy) is 1. The molecule has 0 heterocycles. The Morgan fingerprint density at radius 3 is 1.56 bits per heavy atom. The van der Waals surface area contributed by atoms with Crippen molar-refractivity contribution < 1.29 is 13.9 Å². The van der Waals surface area contributed by atoms with Crippen LogP contribution in [0.2, 0.25) is 0 Å². The molecule has 3 aromatic rings. The maximum atomic E-state index is 12.2. The van der Waals surface area contributed by atoms with Gasteiger partial charge in [0, 0.05) is 0 Å². The van der Waals surface area contributed by atoms with E-state index >= 15 is 0 Å². The second kappa shape index (κ2) is 8.78. The summed E-state index contributed by atoms with van der Waals surface area (Å²) in [6.45, 7) is 4.06. The van der Waals surface area contributed by atoms with Crippen molar-refractivity contribution in [2.24, 2.45) is 0 Å². The first-order valence-corrected chi connectivity index (χ1v) is 7.95. The molecular formula is C22H21FO2. The molecule has 0 spiro atoms. The van der Waals surface area contributed by atoms with Gasteiger partial charge in [-0.3, -0.25) is 4.39 Å². The average Bonchev–Trinajstić information content (AvgIpc) is 2.66. The molecule has 3 aromatic carbocycles. The van der Waals surface area contributed by atoms with Crippen LogP contribution >= 0.6 is 0 Å². The highest BCUT2D eigenvalue weighted by Crippen LogP contribution is 2.21. The highest BCUT2D eigenvalue weighted by atomic mass is 19.1. The Bertz CT molecular complexity index is 804. The largest absolute Gasteiger partial charge is 0.423 e. The zero-order chi connectivity index (χ0) is 18.2. The van der Waals surface area contributed by atoms with Crippen LogP contribution in [-0.4, -0.2) is 13.1 Å². The number of esters is 1. The lowest BCUT2D eigenvalue weighted by Crippen LogP contribution is -2.08. The minimum atomic E-state index is -0.343. The van der Waals surface area contributed by atoms with E-state index in [9.17, 15) is 9.18 Å². The Hall–Kier alpha value is -2.94. The molecule has 0 unspecified atom stereocenters. The molecule has 25 heavy (non-hydrogen) atoms. The number of hydrogen-bond donors (Lipinski definition) is 0. The molecule has 2 nitrogen and oxygen atoms in total. The Kier molecular flexibility index (Phi) is 6.47. The van der Waals surface area contributed by atoms with Gasteiger partial charge in [0.1, 0.15) is 5.75 Å². The third-order valence-corrected chi connectivity index (χ3v) is 3.74. The molecule has 0 atom stereocenters. The van der Waals surface area contributed by atoms with Gasteiger partial charge in [-0.15, -0.1) is 0 Å². The van der Waals surface area contributed by atoms with E-state index in [2.05, 4.69) is 31.2 Å². The zero-order valence-corrected chi connectivity index (χ0v) is 14.6. The summed E-state index contributed by atoms with van der Waals surface area (Å²) in [5.41, 5.74) is 5.12. The minimum absolute atomic E-state index is 0.343. The Morgan fingerprint density at radius 1 is 0.680 bits per heavy atom. The molecule has 3 heteroatoms. The Labute approximate surface area is 147 Å². The number of benzene rings is 3. The number of alkyl halides is 1. The molecule has 0 aliphatic carbocycles. The van der Waals surface area contributed by atoms with Gasteiger partial charge in [0.2, 0.25) is 0 Å². The molecule has 0 aliphatic heterocycles. The van der Waals surface area contributed by atoms with E-state index < -0.39 is 0 Å². The molecule has 0 amide bonds. The van der Waals surface area contributed by atoms with Crippen LogP contribution in [0.1, 0.15) is 21.5 Å². The number of rotatable bonds is 3. The smallest absolute Gasteiger partial charge is 0.343 e. The molecule has 0 aliphatic rings. The topological polar surface area (TPSA) is 26.3 Å². The van der Waals surface area contributed by atoms with Crippen LogP contribution in [0, 0.1) is 13.8 Å². The van der Waals surface area contributed by atoms with E-state index in [1.807, 2.05) is 31.2 Å². The molecular weight excluding hydrogens is 315 g/mol. The first kappa shape index (κ1) is 18.4. The molecule has 128 valence electrons. The normalized spacial score (nSPS) is 9.76. The summed E-state index contributed by atoms with van der Waals surface area (Å²) >= 11 is 0. The lowest BCUT2D eigenvalue weighted by molar-refractivity contribution is 0.0735. The summed E-state index contributed by atoms with van der Waals surface area (Å²) < 4.78 is 14.9. The van der Waals surface area contributed by atoms with E-state index in [-0.39, 0.29) is 5.97 Å². The van der Waals surface area contributed by atoms with Gasteiger partial charge >= 0.3 is 5.97 Å². The maximum absolute atomic E-state index is 12.2. The van der Waals surface area contributed by atoms with Gasteiger partial charge in [-0.05, 0) is 49.2 Å². The summed E-state index contributed by atoms with van der Waals surface area (Å²) in [5.74, 6) is 0.215. The van der Waals surface area contributed by atoms with Crippen molar-refractivity contribution in [3.8, 4) is 16.9 Å². The minimum Gasteiger partial charge on any atom is -0.423 e. The van der Waals surface area contributed by atoms with E-state index in [1.54, 1.807) is 24.3 Å². The molecule has 0 saturated carbocycles. The monoisotopic (exact) mass is 336 g/mol. The van der Waals surface area contributed by atoms with Gasteiger partial charge in [0.15, 0.2) is 0 Å². The van der Waals surface area contributed by atoms with Crippen LogP contribution in [0.4, 0.5) is 4.39 Å². The number of carbonyl (C=O) groups is 1. The summed E-state index contributed by atoms with van der Waals surface area (Å²) in [6.07, 6.45) is 0. The van der Waals surface area contributed by atoms with Gasteiger partial charge in [-0.1, -0.05) is 59.7 Å². The van der Waals surface area contributed by atoms with E-state index in [0.29, 0.717) is 18.5 Å². The summed E-state index contributed by atoms with van der Waals surface area (Å²) in [6, 6.07) is 23.2. The molecule has 3 rings (SSSR count). The van der Waals surface area contributed by atoms with Crippen molar-refractivity contribution in [1.29, 1.82) is 0 Å².